The molecular formula is C21H18BrN5OS. The molecule has 1 atom stereocenters. The lowest BCUT2D eigenvalue weighted by Gasteiger charge is -2.12. The van der Waals surface area contributed by atoms with Crippen molar-refractivity contribution in [3.05, 3.63) is 71.2 Å². The monoisotopic (exact) mass is 467 g/mol. The molecular weight excluding hydrogens is 450 g/mol. The third-order valence-corrected chi connectivity index (χ3v) is 6.20. The molecule has 146 valence electrons. The van der Waals surface area contributed by atoms with E-state index >= 15 is 0 Å². The highest BCUT2D eigenvalue weighted by molar-refractivity contribution is 9.10. The van der Waals surface area contributed by atoms with Gasteiger partial charge in [-0.15, -0.1) is 10.2 Å². The Morgan fingerprint density at radius 3 is 2.59 bits per heavy atom. The van der Waals surface area contributed by atoms with E-state index in [9.17, 15) is 4.79 Å². The number of nitrogens with two attached hydrogens (primary N) is 1. The van der Waals surface area contributed by atoms with E-state index in [1.807, 2.05) is 73.7 Å². The first-order chi connectivity index (χ1) is 14.0. The maximum atomic E-state index is 12.7. The van der Waals surface area contributed by atoms with Gasteiger partial charge in [-0.05, 0) is 42.0 Å². The standard InChI is InChI=1S/C21H18BrN5OS/c1-13(20(28)24-16-11-10-14-6-2-3-7-15(14)12-16)29-21-26-25-19(27(21)23)17-8-4-5-9-18(17)22/h2-13H,23H2,1H3,(H,24,28). The molecule has 1 amide bonds. The van der Waals surface area contributed by atoms with Gasteiger partial charge in [-0.1, -0.05) is 70.2 Å². The van der Waals surface area contributed by atoms with Gasteiger partial charge in [0, 0.05) is 15.7 Å². The minimum Gasteiger partial charge on any atom is -0.335 e. The number of carbonyl (C=O) groups is 1. The molecule has 6 nitrogen and oxygen atoms in total. The van der Waals surface area contributed by atoms with E-state index in [4.69, 9.17) is 5.84 Å². The number of nitrogens with zero attached hydrogens (tertiary/aromatic N) is 3. The first-order valence-corrected chi connectivity index (χ1v) is 10.6. The summed E-state index contributed by atoms with van der Waals surface area (Å²) >= 11 is 4.76. The normalized spacial score (nSPS) is 12.1. The number of aromatic nitrogens is 3. The Balaban J connectivity index is 1.48. The van der Waals surface area contributed by atoms with Gasteiger partial charge in [-0.25, -0.2) is 4.68 Å². The van der Waals surface area contributed by atoms with Crippen LogP contribution < -0.4 is 11.2 Å². The summed E-state index contributed by atoms with van der Waals surface area (Å²) in [6.45, 7) is 1.81. The summed E-state index contributed by atoms with van der Waals surface area (Å²) in [4.78, 5) is 12.7. The zero-order valence-corrected chi connectivity index (χ0v) is 17.9. The molecule has 0 saturated heterocycles. The fraction of sp³-hybridized carbons (Fsp3) is 0.0952. The van der Waals surface area contributed by atoms with Gasteiger partial charge in [0.05, 0.1) is 5.25 Å². The first kappa shape index (κ1) is 19.5. The number of nitrogens with one attached hydrogen (secondary N) is 1. The summed E-state index contributed by atoms with van der Waals surface area (Å²) in [6.07, 6.45) is 0. The lowest BCUT2D eigenvalue weighted by atomic mass is 10.1. The highest BCUT2D eigenvalue weighted by Crippen LogP contribution is 2.29. The molecule has 0 aliphatic carbocycles. The van der Waals surface area contributed by atoms with Gasteiger partial charge in [-0.2, -0.15) is 0 Å². The van der Waals surface area contributed by atoms with Gasteiger partial charge >= 0.3 is 0 Å². The van der Waals surface area contributed by atoms with Crippen molar-refractivity contribution < 1.29 is 4.79 Å². The van der Waals surface area contributed by atoms with Crippen molar-refractivity contribution in [1.29, 1.82) is 0 Å². The van der Waals surface area contributed by atoms with E-state index in [1.54, 1.807) is 0 Å². The molecule has 0 aliphatic heterocycles. The van der Waals surface area contributed by atoms with Gasteiger partial charge < -0.3 is 11.2 Å². The van der Waals surface area contributed by atoms with E-state index in [-0.39, 0.29) is 5.91 Å². The molecule has 1 heterocycles. The zero-order valence-electron chi connectivity index (χ0n) is 15.5. The number of hydrogen-bond acceptors (Lipinski definition) is 5. The second-order valence-electron chi connectivity index (χ2n) is 6.47. The smallest absolute Gasteiger partial charge is 0.237 e. The van der Waals surface area contributed by atoms with Gasteiger partial charge in [0.25, 0.3) is 0 Å². The molecule has 0 fully saturated rings. The SMILES string of the molecule is CC(Sc1nnc(-c2ccccc2Br)n1N)C(=O)Nc1ccc2ccccc2c1. The van der Waals surface area contributed by atoms with Crippen LogP contribution in [0.25, 0.3) is 22.2 Å². The minimum atomic E-state index is -0.403. The summed E-state index contributed by atoms with van der Waals surface area (Å²) in [5.41, 5.74) is 1.59. The van der Waals surface area contributed by atoms with Crippen LogP contribution in [-0.4, -0.2) is 26.0 Å². The molecule has 8 heteroatoms. The molecule has 1 unspecified atom stereocenters. The highest BCUT2D eigenvalue weighted by Gasteiger charge is 2.20. The molecule has 4 rings (SSSR count). The molecule has 29 heavy (non-hydrogen) atoms. The Hall–Kier alpha value is -2.84. The molecule has 0 spiro atoms. The molecule has 1 aromatic heterocycles. The average molecular weight is 468 g/mol. The molecule has 4 aromatic rings. The third kappa shape index (κ3) is 4.13. The summed E-state index contributed by atoms with van der Waals surface area (Å²) in [5, 5.41) is 13.6. The fourth-order valence-corrected chi connectivity index (χ4v) is 4.14. The van der Waals surface area contributed by atoms with Gasteiger partial charge in [0.1, 0.15) is 0 Å². The Labute approximate surface area is 180 Å². The minimum absolute atomic E-state index is 0.129. The number of fused-ring (bicyclic) bond motifs is 1. The Morgan fingerprint density at radius 1 is 1.07 bits per heavy atom. The van der Waals surface area contributed by atoms with Crippen molar-refractivity contribution in [3.63, 3.8) is 0 Å². The third-order valence-electron chi connectivity index (χ3n) is 4.45. The molecule has 0 bridgehead atoms. The number of rotatable bonds is 5. The molecule has 3 aromatic carbocycles. The number of benzene rings is 3. The van der Waals surface area contributed by atoms with Gasteiger partial charge in [0.15, 0.2) is 5.82 Å². The van der Waals surface area contributed by atoms with Crippen molar-refractivity contribution in [2.45, 2.75) is 17.3 Å². The Bertz CT molecular complexity index is 1190. The lowest BCUT2D eigenvalue weighted by molar-refractivity contribution is -0.115. The predicted molar refractivity (Wildman–Crippen MR) is 121 cm³/mol. The van der Waals surface area contributed by atoms with Gasteiger partial charge in [0.2, 0.25) is 11.1 Å². The quantitative estimate of drug-likeness (QED) is 0.328. The maximum Gasteiger partial charge on any atom is 0.237 e. The lowest BCUT2D eigenvalue weighted by Crippen LogP contribution is -2.23. The van der Waals surface area contributed by atoms with Crippen LogP contribution in [0.1, 0.15) is 6.92 Å². The van der Waals surface area contributed by atoms with E-state index in [1.165, 1.54) is 16.4 Å². The molecule has 0 radical (unpaired) electrons. The Kier molecular flexibility index (Phi) is 5.55. The summed E-state index contributed by atoms with van der Waals surface area (Å²) in [6, 6.07) is 21.5. The largest absolute Gasteiger partial charge is 0.335 e. The van der Waals surface area contributed by atoms with Crippen molar-refractivity contribution in [2.75, 3.05) is 11.2 Å². The molecule has 0 saturated carbocycles. The summed E-state index contributed by atoms with van der Waals surface area (Å²) < 4.78 is 2.28. The van der Waals surface area contributed by atoms with Crippen molar-refractivity contribution >= 4 is 50.1 Å². The van der Waals surface area contributed by atoms with E-state index in [0.717, 1.165) is 26.5 Å². The van der Waals surface area contributed by atoms with E-state index in [0.29, 0.717) is 11.0 Å². The van der Waals surface area contributed by atoms with Crippen LogP contribution in [0.3, 0.4) is 0 Å². The number of carbonyl (C=O) groups excluding carboxylic acids is 1. The highest BCUT2D eigenvalue weighted by atomic mass is 79.9. The van der Waals surface area contributed by atoms with Crippen LogP contribution in [0.15, 0.2) is 76.4 Å². The summed E-state index contributed by atoms with van der Waals surface area (Å²) in [7, 11) is 0. The second-order valence-corrected chi connectivity index (χ2v) is 8.63. The fourth-order valence-electron chi connectivity index (χ4n) is 2.91. The zero-order chi connectivity index (χ0) is 20.4. The first-order valence-electron chi connectivity index (χ1n) is 8.94. The van der Waals surface area contributed by atoms with Crippen LogP contribution >= 0.6 is 27.7 Å². The predicted octanol–water partition coefficient (Wildman–Crippen LogP) is 4.69. The van der Waals surface area contributed by atoms with Gasteiger partial charge in [-0.3, -0.25) is 4.79 Å². The van der Waals surface area contributed by atoms with E-state index < -0.39 is 5.25 Å². The average Bonchev–Trinajstić information content (AvgIpc) is 3.08. The number of anilines is 1. The van der Waals surface area contributed by atoms with Crippen LogP contribution in [0.2, 0.25) is 0 Å². The van der Waals surface area contributed by atoms with E-state index in [2.05, 4.69) is 31.4 Å². The number of halogens is 1. The number of thioether (sulfide) groups is 1. The Morgan fingerprint density at radius 2 is 1.79 bits per heavy atom. The van der Waals surface area contributed by atoms with Crippen LogP contribution in [0, 0.1) is 0 Å². The van der Waals surface area contributed by atoms with Crippen LogP contribution in [0.5, 0.6) is 0 Å². The van der Waals surface area contributed by atoms with Crippen LogP contribution in [0.4, 0.5) is 5.69 Å². The second kappa shape index (κ2) is 8.26. The van der Waals surface area contributed by atoms with Crippen LogP contribution in [-0.2, 0) is 4.79 Å². The maximum absolute atomic E-state index is 12.7. The number of amides is 1. The topological polar surface area (TPSA) is 85.8 Å². The summed E-state index contributed by atoms with van der Waals surface area (Å²) in [5.74, 6) is 6.59. The number of hydrogen-bond donors (Lipinski definition) is 2. The number of nitrogen functional groups attached to an aromatic ring is 1. The van der Waals surface area contributed by atoms with Crippen molar-refractivity contribution in [1.82, 2.24) is 14.9 Å². The molecule has 0 aliphatic rings. The van der Waals surface area contributed by atoms with Crippen molar-refractivity contribution in [2.24, 2.45) is 0 Å². The molecule has 3 N–H and O–H groups in total. The van der Waals surface area contributed by atoms with Crippen molar-refractivity contribution in [3.8, 4) is 11.4 Å².